The van der Waals surface area contributed by atoms with E-state index >= 15 is 0 Å². The first-order chi connectivity index (χ1) is 8.24. The summed E-state index contributed by atoms with van der Waals surface area (Å²) >= 11 is 0. The smallest absolute Gasteiger partial charge is 0.158 e. The first-order valence-corrected chi connectivity index (χ1v) is 6.74. The van der Waals surface area contributed by atoms with Gasteiger partial charge in [-0.25, -0.2) is 0 Å². The molecule has 0 aromatic carbocycles. The van der Waals surface area contributed by atoms with Crippen LogP contribution in [0.2, 0.25) is 0 Å². The van der Waals surface area contributed by atoms with Crippen LogP contribution in [0.15, 0.2) is 0 Å². The first kappa shape index (κ1) is 14.9. The number of rotatable bonds is 8. The molecule has 0 aromatic rings. The van der Waals surface area contributed by atoms with Gasteiger partial charge in [-0.2, -0.15) is 0 Å². The molecule has 1 fully saturated rings. The zero-order chi connectivity index (χ0) is 12.7. The van der Waals surface area contributed by atoms with Crippen LogP contribution in [-0.2, 0) is 9.47 Å². The summed E-state index contributed by atoms with van der Waals surface area (Å²) in [6.07, 6.45) is 4.67. The Morgan fingerprint density at radius 3 is 2.59 bits per heavy atom. The number of nitrogens with two attached hydrogens (primary N) is 1. The van der Waals surface area contributed by atoms with Crippen molar-refractivity contribution in [2.45, 2.75) is 44.9 Å². The van der Waals surface area contributed by atoms with Gasteiger partial charge in [-0.15, -0.1) is 0 Å². The molecule has 0 amide bonds. The molecular formula is C13H28N2O2. The normalized spacial score (nSPS) is 23.5. The van der Waals surface area contributed by atoms with Crippen molar-refractivity contribution in [1.82, 2.24) is 4.90 Å². The van der Waals surface area contributed by atoms with Gasteiger partial charge in [-0.05, 0) is 25.3 Å². The predicted molar refractivity (Wildman–Crippen MR) is 69.9 cm³/mol. The van der Waals surface area contributed by atoms with Crippen LogP contribution in [0.3, 0.4) is 0 Å². The molecule has 2 N–H and O–H groups in total. The minimum absolute atomic E-state index is 0.131. The second-order valence-electron chi connectivity index (χ2n) is 4.96. The van der Waals surface area contributed by atoms with E-state index in [9.17, 15) is 0 Å². The summed E-state index contributed by atoms with van der Waals surface area (Å²) in [5, 5.41) is 0. The van der Waals surface area contributed by atoms with E-state index in [4.69, 9.17) is 15.2 Å². The number of methoxy groups -OCH3 is 2. The molecule has 0 saturated carbocycles. The molecule has 4 nitrogen and oxygen atoms in total. The van der Waals surface area contributed by atoms with Gasteiger partial charge in [0.15, 0.2) is 6.29 Å². The predicted octanol–water partition coefficient (Wildman–Crippen LogP) is 1.44. The number of likely N-dealkylation sites (tertiary alicyclic amines) is 1. The van der Waals surface area contributed by atoms with Crippen LogP contribution < -0.4 is 5.73 Å². The lowest BCUT2D eigenvalue weighted by Gasteiger charge is -2.29. The molecule has 1 rings (SSSR count). The molecule has 0 aromatic heterocycles. The minimum atomic E-state index is -0.131. The van der Waals surface area contributed by atoms with Gasteiger partial charge in [0.2, 0.25) is 0 Å². The summed E-state index contributed by atoms with van der Waals surface area (Å²) in [6.45, 7) is 5.31. The molecule has 17 heavy (non-hydrogen) atoms. The van der Waals surface area contributed by atoms with Gasteiger partial charge in [0.1, 0.15) is 0 Å². The molecule has 2 atom stereocenters. The van der Waals surface area contributed by atoms with E-state index < -0.39 is 0 Å². The molecule has 102 valence electrons. The Morgan fingerprint density at radius 1 is 1.35 bits per heavy atom. The fourth-order valence-corrected chi connectivity index (χ4v) is 2.74. The maximum Gasteiger partial charge on any atom is 0.158 e. The highest BCUT2D eigenvalue weighted by Crippen LogP contribution is 2.24. The molecule has 1 heterocycles. The van der Waals surface area contributed by atoms with Crippen molar-refractivity contribution in [1.29, 1.82) is 0 Å². The van der Waals surface area contributed by atoms with Crippen molar-refractivity contribution >= 4 is 0 Å². The zero-order valence-corrected chi connectivity index (χ0v) is 11.5. The molecule has 0 bridgehead atoms. The lowest BCUT2D eigenvalue weighted by atomic mass is 10.0. The van der Waals surface area contributed by atoms with Crippen molar-refractivity contribution < 1.29 is 9.47 Å². The van der Waals surface area contributed by atoms with E-state index in [1.165, 1.54) is 32.4 Å². The summed E-state index contributed by atoms with van der Waals surface area (Å²) < 4.78 is 10.5. The van der Waals surface area contributed by atoms with Gasteiger partial charge >= 0.3 is 0 Å². The number of nitrogens with zero attached hydrogens (tertiary/aromatic N) is 1. The monoisotopic (exact) mass is 244 g/mol. The van der Waals surface area contributed by atoms with Crippen LogP contribution in [0.1, 0.15) is 32.6 Å². The Morgan fingerprint density at radius 2 is 2.06 bits per heavy atom. The molecule has 0 spiro atoms. The van der Waals surface area contributed by atoms with Crippen molar-refractivity contribution in [3.05, 3.63) is 0 Å². The van der Waals surface area contributed by atoms with E-state index in [1.807, 2.05) is 0 Å². The number of ether oxygens (including phenoxy) is 2. The average Bonchev–Trinajstić information content (AvgIpc) is 2.80. The highest BCUT2D eigenvalue weighted by molar-refractivity contribution is 4.82. The zero-order valence-electron chi connectivity index (χ0n) is 11.5. The van der Waals surface area contributed by atoms with Crippen molar-refractivity contribution in [2.24, 2.45) is 11.7 Å². The molecular weight excluding hydrogens is 216 g/mol. The Labute approximate surface area is 105 Å². The number of hydrogen-bond donors (Lipinski definition) is 1. The fourth-order valence-electron chi connectivity index (χ4n) is 2.74. The van der Waals surface area contributed by atoms with Crippen molar-refractivity contribution in [2.75, 3.05) is 33.9 Å². The van der Waals surface area contributed by atoms with Gasteiger partial charge < -0.3 is 15.2 Å². The van der Waals surface area contributed by atoms with Gasteiger partial charge in [0.05, 0.1) is 0 Å². The third kappa shape index (κ3) is 4.54. The maximum atomic E-state index is 5.88. The van der Waals surface area contributed by atoms with E-state index in [1.54, 1.807) is 14.2 Å². The lowest BCUT2D eigenvalue weighted by molar-refractivity contribution is -0.115. The summed E-state index contributed by atoms with van der Waals surface area (Å²) in [5.41, 5.74) is 5.88. The number of hydrogen-bond acceptors (Lipinski definition) is 4. The quantitative estimate of drug-likeness (QED) is 0.656. The SMILES string of the molecule is CCCC1CCN(C(CN)CC(OC)OC)C1. The Kier molecular flexibility index (Phi) is 7.04. The van der Waals surface area contributed by atoms with E-state index in [0.717, 1.165) is 12.3 Å². The second kappa shape index (κ2) is 8.03. The van der Waals surface area contributed by atoms with Gasteiger partial charge in [0, 0.05) is 39.8 Å². The second-order valence-corrected chi connectivity index (χ2v) is 4.96. The lowest BCUT2D eigenvalue weighted by Crippen LogP contribution is -2.42. The van der Waals surface area contributed by atoms with Crippen molar-refractivity contribution in [3.8, 4) is 0 Å². The third-order valence-corrected chi connectivity index (χ3v) is 3.79. The fraction of sp³-hybridized carbons (Fsp3) is 1.00. The van der Waals surface area contributed by atoms with Crippen LogP contribution >= 0.6 is 0 Å². The van der Waals surface area contributed by atoms with E-state index in [0.29, 0.717) is 12.6 Å². The molecule has 1 saturated heterocycles. The Hall–Kier alpha value is -0.160. The summed E-state index contributed by atoms with van der Waals surface area (Å²) in [6, 6.07) is 0.391. The molecule has 0 aliphatic carbocycles. The molecule has 2 unspecified atom stereocenters. The highest BCUT2D eigenvalue weighted by atomic mass is 16.7. The molecule has 1 aliphatic heterocycles. The third-order valence-electron chi connectivity index (χ3n) is 3.79. The highest BCUT2D eigenvalue weighted by Gasteiger charge is 2.28. The van der Waals surface area contributed by atoms with E-state index in [-0.39, 0.29) is 6.29 Å². The van der Waals surface area contributed by atoms with Crippen LogP contribution in [0.5, 0.6) is 0 Å². The van der Waals surface area contributed by atoms with Crippen LogP contribution in [0.4, 0.5) is 0 Å². The van der Waals surface area contributed by atoms with Gasteiger partial charge in [-0.3, -0.25) is 4.90 Å². The Balaban J connectivity index is 2.40. The summed E-state index contributed by atoms with van der Waals surface area (Å²) in [7, 11) is 3.37. The topological polar surface area (TPSA) is 47.7 Å². The van der Waals surface area contributed by atoms with Gasteiger partial charge in [-0.1, -0.05) is 13.3 Å². The van der Waals surface area contributed by atoms with E-state index in [2.05, 4.69) is 11.8 Å². The maximum absolute atomic E-state index is 5.88. The molecule has 4 heteroatoms. The van der Waals surface area contributed by atoms with Crippen molar-refractivity contribution in [3.63, 3.8) is 0 Å². The van der Waals surface area contributed by atoms with Crippen LogP contribution in [0.25, 0.3) is 0 Å². The standard InChI is InChI=1S/C13H28N2O2/c1-4-5-11-6-7-15(10-11)12(9-14)8-13(16-2)17-3/h11-13H,4-10,14H2,1-3H3. The van der Waals surface area contributed by atoms with Crippen LogP contribution in [0, 0.1) is 5.92 Å². The summed E-state index contributed by atoms with van der Waals surface area (Å²) in [4.78, 5) is 2.51. The largest absolute Gasteiger partial charge is 0.356 e. The molecule has 1 aliphatic rings. The minimum Gasteiger partial charge on any atom is -0.356 e. The Bertz CT molecular complexity index is 198. The van der Waals surface area contributed by atoms with Gasteiger partial charge in [0.25, 0.3) is 0 Å². The average molecular weight is 244 g/mol. The molecule has 0 radical (unpaired) electrons. The van der Waals surface area contributed by atoms with Crippen LogP contribution in [-0.4, -0.2) is 51.1 Å². The summed E-state index contributed by atoms with van der Waals surface area (Å²) in [5.74, 6) is 0.859. The first-order valence-electron chi connectivity index (χ1n) is 6.74.